The van der Waals surface area contributed by atoms with Gasteiger partial charge in [-0.25, -0.2) is 0 Å². The van der Waals surface area contributed by atoms with Crippen LogP contribution in [-0.4, -0.2) is 16.8 Å². The van der Waals surface area contributed by atoms with Crippen LogP contribution < -0.4 is 4.90 Å². The van der Waals surface area contributed by atoms with Gasteiger partial charge >= 0.3 is 0 Å². The minimum absolute atomic E-state index is 0.0528. The van der Waals surface area contributed by atoms with Crippen LogP contribution in [-0.2, 0) is 11.2 Å². The molecule has 160 valence electrons. The second-order valence-electron chi connectivity index (χ2n) is 7.79. The van der Waals surface area contributed by atoms with Crippen molar-refractivity contribution in [2.45, 2.75) is 26.3 Å². The molecule has 0 radical (unpaired) electrons. The average molecular weight is 427 g/mol. The van der Waals surface area contributed by atoms with Gasteiger partial charge in [0, 0.05) is 11.1 Å². The lowest BCUT2D eigenvalue weighted by atomic mass is 9.99. The van der Waals surface area contributed by atoms with Crippen molar-refractivity contribution in [1.82, 2.24) is 0 Å². The Bertz CT molecular complexity index is 1340. The molecule has 1 aliphatic heterocycles. The van der Waals surface area contributed by atoms with Gasteiger partial charge in [-0.15, -0.1) is 0 Å². The zero-order chi connectivity index (χ0) is 22.4. The molecular weight excluding hydrogens is 406 g/mol. The smallest absolute Gasteiger partial charge is 0.294 e. The minimum Gasteiger partial charge on any atom is -0.503 e. The van der Waals surface area contributed by atoms with E-state index in [9.17, 15) is 14.7 Å². The van der Waals surface area contributed by atoms with Gasteiger partial charge in [-0.2, -0.15) is 0 Å². The van der Waals surface area contributed by atoms with Gasteiger partial charge in [0.25, 0.3) is 5.91 Å². The standard InChI is InChI=1S/C26H21NO5/c1-3-16-9-11-18(12-10-16)27-23(20-13-8-15(2)31-20)22(25(29)26(27)30)24(28)21-14-17-6-4-5-7-19(17)32-21/h4-14,23,29H,3H2,1-2H3. The van der Waals surface area contributed by atoms with E-state index in [0.717, 1.165) is 17.4 Å². The number of Topliss-reactive ketones (excluding diaryl/α,β-unsaturated/α-hetero) is 1. The summed E-state index contributed by atoms with van der Waals surface area (Å²) in [5.41, 5.74) is 2.16. The van der Waals surface area contributed by atoms with Crippen LogP contribution in [0.15, 0.2) is 86.9 Å². The quantitative estimate of drug-likeness (QED) is 0.414. The maximum atomic E-state index is 13.5. The van der Waals surface area contributed by atoms with Gasteiger partial charge in [0.05, 0.1) is 5.57 Å². The first kappa shape index (κ1) is 19.9. The van der Waals surface area contributed by atoms with Crippen LogP contribution in [0.5, 0.6) is 0 Å². The molecule has 1 unspecified atom stereocenters. The van der Waals surface area contributed by atoms with Crippen LogP contribution in [0.25, 0.3) is 11.0 Å². The monoisotopic (exact) mass is 427 g/mol. The molecule has 2 aromatic carbocycles. The lowest BCUT2D eigenvalue weighted by Gasteiger charge is -2.25. The summed E-state index contributed by atoms with van der Waals surface area (Å²) in [4.78, 5) is 28.1. The molecule has 0 spiro atoms. The van der Waals surface area contributed by atoms with Crippen LogP contribution in [0.1, 0.15) is 40.6 Å². The van der Waals surface area contributed by atoms with E-state index >= 15 is 0 Å². The molecule has 0 saturated heterocycles. The number of aliphatic hydroxyl groups is 1. The molecule has 6 nitrogen and oxygen atoms in total. The van der Waals surface area contributed by atoms with Crippen molar-refractivity contribution in [2.75, 3.05) is 4.90 Å². The highest BCUT2D eigenvalue weighted by Crippen LogP contribution is 2.42. The summed E-state index contributed by atoms with van der Waals surface area (Å²) < 4.78 is 11.5. The molecule has 5 rings (SSSR count). The minimum atomic E-state index is -0.913. The van der Waals surface area contributed by atoms with Crippen molar-refractivity contribution < 1.29 is 23.5 Å². The Kier molecular flexibility index (Phi) is 4.70. The highest BCUT2D eigenvalue weighted by Gasteiger charge is 2.46. The Hall–Kier alpha value is -4.06. The van der Waals surface area contributed by atoms with Gasteiger partial charge in [-0.05, 0) is 55.3 Å². The number of benzene rings is 2. The van der Waals surface area contributed by atoms with Crippen molar-refractivity contribution in [2.24, 2.45) is 0 Å². The first-order valence-electron chi connectivity index (χ1n) is 10.4. The maximum absolute atomic E-state index is 13.5. The van der Waals surface area contributed by atoms with E-state index < -0.39 is 23.5 Å². The van der Waals surface area contributed by atoms with Crippen LogP contribution in [0.2, 0.25) is 0 Å². The number of carbonyl (C=O) groups excluding carboxylic acids is 2. The summed E-state index contributed by atoms with van der Waals surface area (Å²) in [5, 5.41) is 11.6. The number of furan rings is 2. The Labute approximate surface area is 184 Å². The second kappa shape index (κ2) is 7.57. The highest BCUT2D eigenvalue weighted by molar-refractivity contribution is 6.20. The number of rotatable bonds is 5. The largest absolute Gasteiger partial charge is 0.503 e. The Morgan fingerprint density at radius 3 is 2.44 bits per heavy atom. The molecule has 0 saturated carbocycles. The van der Waals surface area contributed by atoms with Crippen molar-refractivity contribution in [1.29, 1.82) is 0 Å². The predicted molar refractivity (Wildman–Crippen MR) is 120 cm³/mol. The number of aliphatic hydroxyl groups excluding tert-OH is 1. The fraction of sp³-hybridized carbons (Fsp3) is 0.154. The molecule has 0 fully saturated rings. The highest BCUT2D eigenvalue weighted by atomic mass is 16.4. The number of ketones is 1. The Morgan fingerprint density at radius 2 is 1.78 bits per heavy atom. The number of nitrogens with zero attached hydrogens (tertiary/aromatic N) is 1. The van der Waals surface area contributed by atoms with Crippen LogP contribution in [0.3, 0.4) is 0 Å². The molecule has 4 aromatic rings. The predicted octanol–water partition coefficient (Wildman–Crippen LogP) is 5.68. The van der Waals surface area contributed by atoms with Crippen molar-refractivity contribution >= 4 is 28.3 Å². The molecular formula is C26H21NO5. The number of fused-ring (bicyclic) bond motifs is 1. The van der Waals surface area contributed by atoms with E-state index in [0.29, 0.717) is 22.8 Å². The SMILES string of the molecule is CCc1ccc(N2C(=O)C(O)=C(C(=O)c3cc4ccccc4o3)C2c2ccc(C)o2)cc1. The topological polar surface area (TPSA) is 83.9 Å². The van der Waals surface area contributed by atoms with Gasteiger partial charge < -0.3 is 13.9 Å². The zero-order valence-electron chi connectivity index (χ0n) is 17.7. The summed E-state index contributed by atoms with van der Waals surface area (Å²) in [6, 6.07) is 18.9. The molecule has 1 aliphatic rings. The molecule has 1 amide bonds. The third-order valence-electron chi connectivity index (χ3n) is 5.76. The third-order valence-corrected chi connectivity index (χ3v) is 5.76. The van der Waals surface area contributed by atoms with E-state index in [1.807, 2.05) is 37.3 Å². The van der Waals surface area contributed by atoms with E-state index in [1.165, 1.54) is 4.90 Å². The first-order chi connectivity index (χ1) is 15.5. The lowest BCUT2D eigenvalue weighted by Crippen LogP contribution is -2.30. The van der Waals surface area contributed by atoms with Gasteiger partial charge in [0.2, 0.25) is 5.78 Å². The summed E-state index contributed by atoms with van der Waals surface area (Å²) in [6.07, 6.45) is 0.855. The molecule has 1 atom stereocenters. The van der Waals surface area contributed by atoms with Crippen LogP contribution in [0, 0.1) is 6.92 Å². The molecule has 3 heterocycles. The second-order valence-corrected chi connectivity index (χ2v) is 7.79. The fourth-order valence-corrected chi connectivity index (χ4v) is 4.09. The molecule has 0 bridgehead atoms. The van der Waals surface area contributed by atoms with E-state index in [-0.39, 0.29) is 11.3 Å². The Balaban J connectivity index is 1.63. The molecule has 32 heavy (non-hydrogen) atoms. The van der Waals surface area contributed by atoms with Crippen molar-refractivity contribution in [3.63, 3.8) is 0 Å². The number of para-hydroxylation sites is 1. The van der Waals surface area contributed by atoms with Crippen molar-refractivity contribution in [3.8, 4) is 0 Å². The molecule has 1 N–H and O–H groups in total. The summed E-state index contributed by atoms with van der Waals surface area (Å²) in [5.74, 6) is -0.743. The fourth-order valence-electron chi connectivity index (χ4n) is 4.09. The van der Waals surface area contributed by atoms with E-state index in [1.54, 1.807) is 43.3 Å². The first-order valence-corrected chi connectivity index (χ1v) is 10.4. The molecule has 6 heteroatoms. The molecule has 2 aromatic heterocycles. The van der Waals surface area contributed by atoms with E-state index in [2.05, 4.69) is 0 Å². The summed E-state index contributed by atoms with van der Waals surface area (Å²) in [6.45, 7) is 3.83. The molecule has 0 aliphatic carbocycles. The number of carbonyl (C=O) groups is 2. The van der Waals surface area contributed by atoms with Crippen LogP contribution >= 0.6 is 0 Å². The van der Waals surface area contributed by atoms with Crippen LogP contribution in [0.4, 0.5) is 5.69 Å². The lowest BCUT2D eigenvalue weighted by molar-refractivity contribution is -0.117. The zero-order valence-corrected chi connectivity index (χ0v) is 17.7. The van der Waals surface area contributed by atoms with Crippen molar-refractivity contribution in [3.05, 3.63) is 101 Å². The number of aryl methyl sites for hydroxylation is 2. The average Bonchev–Trinajstić information content (AvgIpc) is 3.50. The number of anilines is 1. The van der Waals surface area contributed by atoms with Gasteiger partial charge in [0.15, 0.2) is 11.5 Å². The number of hydrogen-bond acceptors (Lipinski definition) is 5. The third kappa shape index (κ3) is 3.12. The summed E-state index contributed by atoms with van der Waals surface area (Å²) in [7, 11) is 0. The normalized spacial score (nSPS) is 16.4. The van der Waals surface area contributed by atoms with Gasteiger partial charge in [-0.1, -0.05) is 37.3 Å². The number of amides is 1. The number of hydrogen-bond donors (Lipinski definition) is 1. The maximum Gasteiger partial charge on any atom is 0.294 e. The van der Waals surface area contributed by atoms with Gasteiger partial charge in [-0.3, -0.25) is 14.5 Å². The van der Waals surface area contributed by atoms with E-state index in [4.69, 9.17) is 8.83 Å². The Morgan fingerprint density at radius 1 is 1.03 bits per heavy atom. The summed E-state index contributed by atoms with van der Waals surface area (Å²) >= 11 is 0. The van der Waals surface area contributed by atoms with Gasteiger partial charge in [0.1, 0.15) is 23.1 Å².